The summed E-state index contributed by atoms with van der Waals surface area (Å²) in [5.74, 6) is 1.52. The molecule has 2 unspecified atom stereocenters. The highest BCUT2D eigenvalue weighted by Gasteiger charge is 2.25. The molecule has 0 bridgehead atoms. The van der Waals surface area contributed by atoms with Crippen LogP contribution in [-0.2, 0) is 9.47 Å². The minimum Gasteiger partial charge on any atom is -0.490 e. The number of rotatable bonds is 6. The maximum Gasteiger partial charge on any atom is 0.145 e. The second kappa shape index (κ2) is 5.37. The van der Waals surface area contributed by atoms with Gasteiger partial charge in [0.2, 0.25) is 0 Å². The van der Waals surface area contributed by atoms with E-state index in [1.807, 2.05) is 30.3 Å². The number of epoxide rings is 2. The van der Waals surface area contributed by atoms with Gasteiger partial charge in [-0.25, -0.2) is 0 Å². The number of fused-ring (bicyclic) bond motifs is 1. The molecule has 4 nitrogen and oxygen atoms in total. The highest BCUT2D eigenvalue weighted by atomic mass is 35.5. The van der Waals surface area contributed by atoms with Gasteiger partial charge in [0, 0.05) is 10.8 Å². The van der Waals surface area contributed by atoms with Gasteiger partial charge in [0.05, 0.1) is 18.2 Å². The van der Waals surface area contributed by atoms with Gasteiger partial charge in [0.15, 0.2) is 0 Å². The second-order valence-electron chi connectivity index (χ2n) is 5.26. The summed E-state index contributed by atoms with van der Waals surface area (Å²) in [5.41, 5.74) is 0. The summed E-state index contributed by atoms with van der Waals surface area (Å²) >= 11 is 6.27. The van der Waals surface area contributed by atoms with E-state index in [1.165, 1.54) is 0 Å². The van der Waals surface area contributed by atoms with Crippen molar-refractivity contribution in [2.24, 2.45) is 0 Å². The normalized spacial score (nSPS) is 23.1. The Hall–Kier alpha value is -1.49. The van der Waals surface area contributed by atoms with Gasteiger partial charge in [-0.3, -0.25) is 0 Å². The standard InChI is InChI=1S/C16H15ClO4/c17-14-5-4-12-13(16(14)21-9-11-7-19-11)2-1-3-15(12)20-8-10-6-18-10/h1-5,10-11H,6-9H2. The first-order valence-electron chi connectivity index (χ1n) is 7.01. The van der Waals surface area contributed by atoms with Gasteiger partial charge in [-0.15, -0.1) is 0 Å². The first-order valence-corrected chi connectivity index (χ1v) is 7.39. The molecule has 2 atom stereocenters. The Labute approximate surface area is 127 Å². The van der Waals surface area contributed by atoms with Crippen molar-refractivity contribution < 1.29 is 18.9 Å². The average Bonchev–Trinajstić information content (AvgIpc) is 3.37. The molecule has 2 aliphatic rings. The predicted molar refractivity (Wildman–Crippen MR) is 79.4 cm³/mol. The van der Waals surface area contributed by atoms with E-state index in [1.54, 1.807) is 0 Å². The number of hydrogen-bond donors (Lipinski definition) is 0. The third-order valence-electron chi connectivity index (χ3n) is 3.57. The monoisotopic (exact) mass is 306 g/mol. The van der Waals surface area contributed by atoms with Crippen LogP contribution in [0.25, 0.3) is 10.8 Å². The molecule has 0 radical (unpaired) electrons. The first kappa shape index (κ1) is 13.2. The van der Waals surface area contributed by atoms with Crippen LogP contribution in [0.1, 0.15) is 0 Å². The fraction of sp³-hybridized carbons (Fsp3) is 0.375. The highest BCUT2D eigenvalue weighted by molar-refractivity contribution is 6.33. The van der Waals surface area contributed by atoms with Gasteiger partial charge in [-0.1, -0.05) is 23.7 Å². The van der Waals surface area contributed by atoms with Crippen molar-refractivity contribution in [2.45, 2.75) is 12.2 Å². The smallest absolute Gasteiger partial charge is 0.145 e. The van der Waals surface area contributed by atoms with Crippen molar-refractivity contribution in [1.29, 1.82) is 0 Å². The van der Waals surface area contributed by atoms with E-state index in [4.69, 9.17) is 30.5 Å². The lowest BCUT2D eigenvalue weighted by Gasteiger charge is -2.13. The lowest BCUT2D eigenvalue weighted by Crippen LogP contribution is -2.06. The van der Waals surface area contributed by atoms with E-state index < -0.39 is 0 Å². The first-order chi connectivity index (χ1) is 10.3. The molecule has 4 rings (SSSR count). The molecule has 2 saturated heterocycles. The summed E-state index contributed by atoms with van der Waals surface area (Å²) in [6.07, 6.45) is 0.429. The van der Waals surface area contributed by atoms with Crippen LogP contribution < -0.4 is 9.47 Å². The Kier molecular flexibility index (Phi) is 3.37. The summed E-state index contributed by atoms with van der Waals surface area (Å²) in [4.78, 5) is 0. The minimum absolute atomic E-state index is 0.197. The molecular formula is C16H15ClO4. The van der Waals surface area contributed by atoms with E-state index in [2.05, 4.69) is 0 Å². The number of ether oxygens (including phenoxy) is 4. The summed E-state index contributed by atoms with van der Waals surface area (Å²) in [5, 5.41) is 2.55. The van der Waals surface area contributed by atoms with Gasteiger partial charge >= 0.3 is 0 Å². The van der Waals surface area contributed by atoms with Crippen LogP contribution in [-0.4, -0.2) is 38.6 Å². The van der Waals surface area contributed by atoms with E-state index >= 15 is 0 Å². The zero-order valence-corrected chi connectivity index (χ0v) is 12.1. The van der Waals surface area contributed by atoms with Gasteiger partial charge in [0.25, 0.3) is 0 Å². The molecule has 0 aliphatic carbocycles. The molecule has 2 fully saturated rings. The molecule has 2 aromatic rings. The zero-order valence-electron chi connectivity index (χ0n) is 11.4. The Morgan fingerprint density at radius 1 is 0.952 bits per heavy atom. The van der Waals surface area contributed by atoms with Crippen molar-refractivity contribution in [3.05, 3.63) is 35.4 Å². The molecular weight excluding hydrogens is 292 g/mol. The summed E-state index contributed by atoms with van der Waals surface area (Å²) in [6.45, 7) is 2.65. The molecule has 0 saturated carbocycles. The minimum atomic E-state index is 0.197. The lowest BCUT2D eigenvalue weighted by molar-refractivity contribution is 0.263. The van der Waals surface area contributed by atoms with Crippen molar-refractivity contribution in [3.63, 3.8) is 0 Å². The Morgan fingerprint density at radius 3 is 2.38 bits per heavy atom. The van der Waals surface area contributed by atoms with Gasteiger partial charge in [0.1, 0.15) is 36.9 Å². The largest absolute Gasteiger partial charge is 0.490 e. The van der Waals surface area contributed by atoms with Crippen molar-refractivity contribution in [2.75, 3.05) is 26.4 Å². The fourth-order valence-electron chi connectivity index (χ4n) is 2.23. The van der Waals surface area contributed by atoms with Gasteiger partial charge in [-0.05, 0) is 18.2 Å². The number of halogens is 1. The van der Waals surface area contributed by atoms with E-state index in [0.717, 1.165) is 29.7 Å². The van der Waals surface area contributed by atoms with E-state index in [9.17, 15) is 0 Å². The third-order valence-corrected chi connectivity index (χ3v) is 3.86. The lowest BCUT2D eigenvalue weighted by atomic mass is 10.1. The SMILES string of the molecule is Clc1ccc2c(OCC3CO3)cccc2c1OCC1CO1. The predicted octanol–water partition coefficient (Wildman–Crippen LogP) is 3.05. The van der Waals surface area contributed by atoms with Crippen LogP contribution in [0, 0.1) is 0 Å². The number of hydrogen-bond acceptors (Lipinski definition) is 4. The topological polar surface area (TPSA) is 43.5 Å². The molecule has 0 spiro atoms. The number of benzene rings is 2. The van der Waals surface area contributed by atoms with E-state index in [-0.39, 0.29) is 12.2 Å². The molecule has 0 N–H and O–H groups in total. The van der Waals surface area contributed by atoms with Crippen molar-refractivity contribution in [3.8, 4) is 11.5 Å². The Bertz CT molecular complexity index is 665. The Morgan fingerprint density at radius 2 is 1.67 bits per heavy atom. The van der Waals surface area contributed by atoms with Crippen LogP contribution in [0.5, 0.6) is 11.5 Å². The van der Waals surface area contributed by atoms with Crippen LogP contribution in [0.4, 0.5) is 0 Å². The molecule has 0 amide bonds. The van der Waals surface area contributed by atoms with Crippen LogP contribution in [0.3, 0.4) is 0 Å². The molecule has 2 aromatic carbocycles. The van der Waals surface area contributed by atoms with Crippen LogP contribution in [0.2, 0.25) is 5.02 Å². The maximum atomic E-state index is 6.27. The molecule has 2 heterocycles. The van der Waals surface area contributed by atoms with Gasteiger partial charge in [-0.2, -0.15) is 0 Å². The molecule has 2 aliphatic heterocycles. The summed E-state index contributed by atoms with van der Waals surface area (Å²) in [6, 6.07) is 9.69. The third kappa shape index (κ3) is 2.93. The fourth-order valence-corrected chi connectivity index (χ4v) is 2.45. The van der Waals surface area contributed by atoms with Crippen LogP contribution in [0.15, 0.2) is 30.3 Å². The molecule has 21 heavy (non-hydrogen) atoms. The Balaban J connectivity index is 1.65. The maximum absolute atomic E-state index is 6.27. The summed E-state index contributed by atoms with van der Waals surface area (Å²) in [7, 11) is 0. The van der Waals surface area contributed by atoms with Crippen LogP contribution >= 0.6 is 11.6 Å². The summed E-state index contributed by atoms with van der Waals surface area (Å²) < 4.78 is 22.0. The van der Waals surface area contributed by atoms with Crippen molar-refractivity contribution >= 4 is 22.4 Å². The molecule has 5 heteroatoms. The zero-order chi connectivity index (χ0) is 14.2. The molecule has 110 valence electrons. The van der Waals surface area contributed by atoms with Crippen molar-refractivity contribution in [1.82, 2.24) is 0 Å². The average molecular weight is 307 g/mol. The van der Waals surface area contributed by atoms with E-state index in [0.29, 0.717) is 24.0 Å². The highest BCUT2D eigenvalue weighted by Crippen LogP contribution is 2.38. The van der Waals surface area contributed by atoms with Gasteiger partial charge < -0.3 is 18.9 Å². The molecule has 0 aromatic heterocycles. The quantitative estimate of drug-likeness (QED) is 0.769. The second-order valence-corrected chi connectivity index (χ2v) is 5.67.